The number of unbranched alkanes of at least 4 members (excludes halogenated alkanes) is 2. The summed E-state index contributed by atoms with van der Waals surface area (Å²) in [7, 11) is 0. The molecule has 1 aromatic carbocycles. The zero-order valence-corrected chi connectivity index (χ0v) is 9.54. The van der Waals surface area contributed by atoms with Crippen molar-refractivity contribution >= 4 is 0 Å². The van der Waals surface area contributed by atoms with Gasteiger partial charge in [-0.15, -0.1) is 0 Å². The summed E-state index contributed by atoms with van der Waals surface area (Å²) in [5, 5.41) is 0. The average molecular weight is 207 g/mol. The second-order valence-corrected chi connectivity index (χ2v) is 3.70. The lowest BCUT2D eigenvalue weighted by molar-refractivity contribution is 0.303. The van der Waals surface area contributed by atoms with E-state index in [4.69, 9.17) is 10.5 Å². The molecule has 0 fully saturated rings. The van der Waals surface area contributed by atoms with Gasteiger partial charge in [0.1, 0.15) is 5.75 Å². The van der Waals surface area contributed by atoms with Crippen molar-refractivity contribution < 1.29 is 4.74 Å². The summed E-state index contributed by atoms with van der Waals surface area (Å²) in [4.78, 5) is 0. The Morgan fingerprint density at radius 2 is 2.00 bits per heavy atom. The van der Waals surface area contributed by atoms with E-state index in [-0.39, 0.29) is 0 Å². The number of para-hydroxylation sites is 1. The fourth-order valence-corrected chi connectivity index (χ4v) is 1.54. The van der Waals surface area contributed by atoms with Gasteiger partial charge in [0.2, 0.25) is 0 Å². The third-order valence-corrected chi connectivity index (χ3v) is 2.39. The molecule has 1 rings (SSSR count). The van der Waals surface area contributed by atoms with E-state index in [1.165, 1.54) is 18.4 Å². The van der Waals surface area contributed by atoms with Gasteiger partial charge >= 0.3 is 0 Å². The molecule has 0 unspecified atom stereocenters. The minimum atomic E-state index is 0.676. The first kappa shape index (κ1) is 12.1. The molecule has 84 valence electrons. The van der Waals surface area contributed by atoms with Gasteiger partial charge in [0, 0.05) is 0 Å². The van der Waals surface area contributed by atoms with Crippen molar-refractivity contribution in [1.29, 1.82) is 0 Å². The van der Waals surface area contributed by atoms with Crippen LogP contribution in [-0.2, 0) is 6.42 Å². The van der Waals surface area contributed by atoms with E-state index < -0.39 is 0 Å². The predicted molar refractivity (Wildman–Crippen MR) is 64.2 cm³/mol. The number of hydrogen-bond donors (Lipinski definition) is 1. The van der Waals surface area contributed by atoms with Crippen molar-refractivity contribution in [2.75, 3.05) is 13.2 Å². The molecule has 0 saturated carbocycles. The molecule has 0 bridgehead atoms. The Morgan fingerprint density at radius 3 is 2.73 bits per heavy atom. The number of rotatable bonds is 7. The third-order valence-electron chi connectivity index (χ3n) is 2.39. The first-order valence-corrected chi connectivity index (χ1v) is 5.79. The number of nitrogens with two attached hydrogens (primary N) is 1. The van der Waals surface area contributed by atoms with Crippen LogP contribution in [0.2, 0.25) is 0 Å². The summed E-state index contributed by atoms with van der Waals surface area (Å²) >= 11 is 0. The maximum atomic E-state index is 5.74. The summed E-state index contributed by atoms with van der Waals surface area (Å²) < 4.78 is 5.74. The Morgan fingerprint density at radius 1 is 1.20 bits per heavy atom. The highest BCUT2D eigenvalue weighted by Crippen LogP contribution is 2.18. The largest absolute Gasteiger partial charge is 0.493 e. The normalized spacial score (nSPS) is 10.3. The molecule has 0 radical (unpaired) electrons. The summed E-state index contributed by atoms with van der Waals surface area (Å²) in [5.74, 6) is 0.999. The molecule has 0 heterocycles. The van der Waals surface area contributed by atoms with E-state index in [1.54, 1.807) is 0 Å². The smallest absolute Gasteiger partial charge is 0.122 e. The Balaban J connectivity index is 2.44. The number of hydrogen-bond acceptors (Lipinski definition) is 2. The number of benzene rings is 1. The zero-order chi connectivity index (χ0) is 10.9. The van der Waals surface area contributed by atoms with Crippen LogP contribution >= 0.6 is 0 Å². The molecule has 0 atom stereocenters. The minimum absolute atomic E-state index is 0.676. The van der Waals surface area contributed by atoms with E-state index >= 15 is 0 Å². The fourth-order valence-electron chi connectivity index (χ4n) is 1.54. The van der Waals surface area contributed by atoms with Crippen LogP contribution in [0, 0.1) is 0 Å². The standard InChI is InChI=1S/C13H21NO/c1-2-3-6-11-15-13-8-5-4-7-12(13)9-10-14/h4-5,7-8H,2-3,6,9-11,14H2,1H3. The molecular formula is C13H21NO. The van der Waals surface area contributed by atoms with Gasteiger partial charge in [-0.1, -0.05) is 38.0 Å². The summed E-state index contributed by atoms with van der Waals surface area (Å²) in [5.41, 5.74) is 6.77. The lowest BCUT2D eigenvalue weighted by Gasteiger charge is -2.10. The SMILES string of the molecule is CCCCCOc1ccccc1CCN. The summed E-state index contributed by atoms with van der Waals surface area (Å²) in [6.07, 6.45) is 4.49. The zero-order valence-electron chi connectivity index (χ0n) is 9.54. The van der Waals surface area contributed by atoms with Gasteiger partial charge in [0.15, 0.2) is 0 Å². The molecule has 0 spiro atoms. The van der Waals surface area contributed by atoms with Crippen LogP contribution in [-0.4, -0.2) is 13.2 Å². The van der Waals surface area contributed by atoms with E-state index in [0.717, 1.165) is 25.2 Å². The van der Waals surface area contributed by atoms with Gasteiger partial charge in [0.05, 0.1) is 6.61 Å². The topological polar surface area (TPSA) is 35.2 Å². The van der Waals surface area contributed by atoms with Crippen LogP contribution in [0.25, 0.3) is 0 Å². The van der Waals surface area contributed by atoms with Gasteiger partial charge in [-0.05, 0) is 31.0 Å². The molecule has 0 amide bonds. The highest BCUT2D eigenvalue weighted by molar-refractivity contribution is 5.33. The molecule has 1 aromatic rings. The molecule has 2 heteroatoms. The fraction of sp³-hybridized carbons (Fsp3) is 0.538. The molecule has 0 saturated heterocycles. The Labute approximate surface area is 92.4 Å². The first-order chi connectivity index (χ1) is 7.38. The van der Waals surface area contributed by atoms with Crippen molar-refractivity contribution in [2.45, 2.75) is 32.6 Å². The van der Waals surface area contributed by atoms with E-state index in [1.807, 2.05) is 18.2 Å². The number of ether oxygens (including phenoxy) is 1. The van der Waals surface area contributed by atoms with Crippen LogP contribution in [0.3, 0.4) is 0 Å². The van der Waals surface area contributed by atoms with Gasteiger partial charge in [-0.3, -0.25) is 0 Å². The molecule has 0 aliphatic heterocycles. The van der Waals surface area contributed by atoms with E-state index in [2.05, 4.69) is 13.0 Å². The highest BCUT2D eigenvalue weighted by atomic mass is 16.5. The molecule has 15 heavy (non-hydrogen) atoms. The maximum Gasteiger partial charge on any atom is 0.122 e. The monoisotopic (exact) mass is 207 g/mol. The molecule has 0 aliphatic rings. The first-order valence-electron chi connectivity index (χ1n) is 5.79. The lowest BCUT2D eigenvalue weighted by Crippen LogP contribution is -2.06. The lowest BCUT2D eigenvalue weighted by atomic mass is 10.1. The quantitative estimate of drug-likeness (QED) is 0.698. The van der Waals surface area contributed by atoms with Crippen LogP contribution in [0.5, 0.6) is 5.75 Å². The Kier molecular flexibility index (Phi) is 5.86. The molecule has 2 nitrogen and oxygen atoms in total. The van der Waals surface area contributed by atoms with Crippen LogP contribution < -0.4 is 10.5 Å². The maximum absolute atomic E-state index is 5.74. The van der Waals surface area contributed by atoms with Gasteiger partial charge in [-0.2, -0.15) is 0 Å². The highest BCUT2D eigenvalue weighted by Gasteiger charge is 2.00. The molecule has 0 aromatic heterocycles. The third kappa shape index (κ3) is 4.34. The Hall–Kier alpha value is -1.02. The second kappa shape index (κ2) is 7.30. The summed E-state index contributed by atoms with van der Waals surface area (Å²) in [6.45, 7) is 3.69. The van der Waals surface area contributed by atoms with Crippen LogP contribution in [0.4, 0.5) is 0 Å². The second-order valence-electron chi connectivity index (χ2n) is 3.70. The van der Waals surface area contributed by atoms with Gasteiger partial charge in [-0.25, -0.2) is 0 Å². The molecule has 0 aliphatic carbocycles. The molecule has 2 N–H and O–H groups in total. The van der Waals surface area contributed by atoms with Crippen molar-refractivity contribution in [2.24, 2.45) is 5.73 Å². The van der Waals surface area contributed by atoms with Gasteiger partial charge < -0.3 is 10.5 Å². The van der Waals surface area contributed by atoms with Crippen LogP contribution in [0.1, 0.15) is 31.7 Å². The Bertz CT molecular complexity index is 273. The van der Waals surface area contributed by atoms with Crippen molar-refractivity contribution in [3.8, 4) is 5.75 Å². The van der Waals surface area contributed by atoms with Crippen molar-refractivity contribution in [3.05, 3.63) is 29.8 Å². The van der Waals surface area contributed by atoms with E-state index in [0.29, 0.717) is 6.54 Å². The van der Waals surface area contributed by atoms with Crippen molar-refractivity contribution in [1.82, 2.24) is 0 Å². The summed E-state index contributed by atoms with van der Waals surface area (Å²) in [6, 6.07) is 8.15. The van der Waals surface area contributed by atoms with E-state index in [9.17, 15) is 0 Å². The van der Waals surface area contributed by atoms with Crippen LogP contribution in [0.15, 0.2) is 24.3 Å². The molecular weight excluding hydrogens is 186 g/mol. The van der Waals surface area contributed by atoms with Gasteiger partial charge in [0.25, 0.3) is 0 Å². The predicted octanol–water partition coefficient (Wildman–Crippen LogP) is 2.76. The minimum Gasteiger partial charge on any atom is -0.493 e. The van der Waals surface area contributed by atoms with Crippen molar-refractivity contribution in [3.63, 3.8) is 0 Å². The average Bonchev–Trinajstić information content (AvgIpc) is 2.27.